The Bertz CT molecular complexity index is 781. The molecular weight excluding hydrogens is 364 g/mol. The van der Waals surface area contributed by atoms with Gasteiger partial charge in [-0.3, -0.25) is 4.99 Å². The van der Waals surface area contributed by atoms with Crippen LogP contribution in [0, 0.1) is 0 Å². The van der Waals surface area contributed by atoms with E-state index in [1.807, 2.05) is 55.5 Å². The van der Waals surface area contributed by atoms with E-state index in [1.54, 1.807) is 7.11 Å². The number of para-hydroxylation sites is 2. The van der Waals surface area contributed by atoms with Crippen molar-refractivity contribution in [3.63, 3.8) is 0 Å². The third-order valence-electron chi connectivity index (χ3n) is 5.07. The van der Waals surface area contributed by atoms with Crippen LogP contribution in [0.4, 0.5) is 5.69 Å². The molecular formula is C23H32N4O2. The first-order valence-electron chi connectivity index (χ1n) is 10.3. The molecule has 1 fully saturated rings. The van der Waals surface area contributed by atoms with Gasteiger partial charge in [0, 0.05) is 32.1 Å². The van der Waals surface area contributed by atoms with Crippen LogP contribution in [0.25, 0.3) is 0 Å². The van der Waals surface area contributed by atoms with E-state index in [1.165, 1.54) is 0 Å². The second kappa shape index (κ2) is 10.7. The molecule has 2 aromatic carbocycles. The molecule has 1 aliphatic heterocycles. The minimum atomic E-state index is -0.499. The highest BCUT2D eigenvalue weighted by atomic mass is 16.5. The molecule has 6 heteroatoms. The molecule has 29 heavy (non-hydrogen) atoms. The summed E-state index contributed by atoms with van der Waals surface area (Å²) in [5.41, 5.74) is 2.25. The number of anilines is 1. The zero-order valence-electron chi connectivity index (χ0n) is 17.3. The van der Waals surface area contributed by atoms with Crippen molar-refractivity contribution in [2.45, 2.75) is 31.9 Å². The van der Waals surface area contributed by atoms with E-state index in [4.69, 9.17) is 4.74 Å². The van der Waals surface area contributed by atoms with Crippen LogP contribution in [-0.2, 0) is 6.42 Å². The second-order valence-corrected chi connectivity index (χ2v) is 7.31. The normalized spacial score (nSPS) is 17.8. The number of guanidine groups is 1. The van der Waals surface area contributed by atoms with E-state index in [0.717, 1.165) is 49.0 Å². The number of benzene rings is 2. The maximum Gasteiger partial charge on any atom is 0.191 e. The quantitative estimate of drug-likeness (QED) is 0.472. The van der Waals surface area contributed by atoms with Crippen LogP contribution in [0.3, 0.4) is 0 Å². The third kappa shape index (κ3) is 6.12. The van der Waals surface area contributed by atoms with Gasteiger partial charge >= 0.3 is 0 Å². The minimum absolute atomic E-state index is 0.295. The lowest BCUT2D eigenvalue weighted by Gasteiger charge is -2.22. The fraction of sp³-hybridized carbons (Fsp3) is 0.435. The number of methoxy groups -OCH3 is 1. The van der Waals surface area contributed by atoms with Crippen LogP contribution in [-0.4, -0.2) is 56.5 Å². The molecule has 0 bridgehead atoms. The van der Waals surface area contributed by atoms with Crippen molar-refractivity contribution >= 4 is 11.6 Å². The van der Waals surface area contributed by atoms with Crippen molar-refractivity contribution in [2.75, 3.05) is 38.2 Å². The van der Waals surface area contributed by atoms with Gasteiger partial charge in [-0.05, 0) is 31.0 Å². The lowest BCUT2D eigenvalue weighted by Crippen LogP contribution is -2.45. The maximum absolute atomic E-state index is 10.3. The first kappa shape index (κ1) is 21.0. The Morgan fingerprint density at radius 3 is 2.72 bits per heavy atom. The van der Waals surface area contributed by atoms with Crippen molar-refractivity contribution in [3.05, 3.63) is 60.2 Å². The van der Waals surface area contributed by atoms with Crippen LogP contribution < -0.4 is 20.3 Å². The summed E-state index contributed by atoms with van der Waals surface area (Å²) in [7, 11) is 1.71. The predicted molar refractivity (Wildman–Crippen MR) is 119 cm³/mol. The number of nitrogens with zero attached hydrogens (tertiary/aromatic N) is 2. The summed E-state index contributed by atoms with van der Waals surface area (Å²) < 4.78 is 5.50. The van der Waals surface area contributed by atoms with Gasteiger partial charge in [-0.15, -0.1) is 0 Å². The zero-order valence-corrected chi connectivity index (χ0v) is 17.3. The Morgan fingerprint density at radius 1 is 1.21 bits per heavy atom. The van der Waals surface area contributed by atoms with Crippen LogP contribution in [0.2, 0.25) is 0 Å². The van der Waals surface area contributed by atoms with Gasteiger partial charge in [0.05, 0.1) is 25.4 Å². The highest BCUT2D eigenvalue weighted by Gasteiger charge is 2.25. The molecule has 0 saturated carbocycles. The first-order valence-corrected chi connectivity index (χ1v) is 10.3. The predicted octanol–water partition coefficient (Wildman–Crippen LogP) is 2.43. The zero-order chi connectivity index (χ0) is 20.5. The smallest absolute Gasteiger partial charge is 0.191 e. The molecule has 2 aromatic rings. The monoisotopic (exact) mass is 396 g/mol. The number of aliphatic imine (C=N–C) groups is 1. The molecule has 3 rings (SSSR count). The summed E-state index contributed by atoms with van der Waals surface area (Å²) in [4.78, 5) is 6.94. The summed E-state index contributed by atoms with van der Waals surface area (Å²) in [6.45, 7) is 5.05. The summed E-state index contributed by atoms with van der Waals surface area (Å²) in [6.07, 6.45) is 1.13. The van der Waals surface area contributed by atoms with Crippen molar-refractivity contribution in [1.29, 1.82) is 0 Å². The van der Waals surface area contributed by atoms with Gasteiger partial charge < -0.3 is 25.4 Å². The Kier molecular flexibility index (Phi) is 7.76. The van der Waals surface area contributed by atoms with Crippen molar-refractivity contribution in [1.82, 2.24) is 10.6 Å². The Morgan fingerprint density at radius 2 is 1.97 bits per heavy atom. The molecule has 0 radical (unpaired) electrons. The number of aliphatic hydroxyl groups excluding tert-OH is 1. The number of rotatable bonds is 8. The van der Waals surface area contributed by atoms with Crippen molar-refractivity contribution in [2.24, 2.45) is 4.99 Å². The maximum atomic E-state index is 10.3. The van der Waals surface area contributed by atoms with E-state index in [2.05, 4.69) is 26.6 Å². The second-order valence-electron chi connectivity index (χ2n) is 7.31. The molecule has 1 heterocycles. The largest absolute Gasteiger partial charge is 0.495 e. The number of aliphatic hydroxyl groups is 1. The molecule has 0 aliphatic carbocycles. The fourth-order valence-corrected chi connectivity index (χ4v) is 3.65. The molecule has 156 valence electrons. The molecule has 1 aliphatic rings. The summed E-state index contributed by atoms with van der Waals surface area (Å²) in [5.74, 6) is 1.66. The Hall–Kier alpha value is -2.73. The third-order valence-corrected chi connectivity index (χ3v) is 5.07. The van der Waals surface area contributed by atoms with E-state index in [-0.39, 0.29) is 0 Å². The molecule has 2 unspecified atom stereocenters. The molecule has 2 atom stereocenters. The summed E-state index contributed by atoms with van der Waals surface area (Å²) in [5, 5.41) is 17.2. The Labute approximate surface area is 173 Å². The number of nitrogens with one attached hydrogen (secondary N) is 2. The molecule has 0 amide bonds. The van der Waals surface area contributed by atoms with Gasteiger partial charge in [-0.1, -0.05) is 42.5 Å². The molecule has 6 nitrogen and oxygen atoms in total. The van der Waals surface area contributed by atoms with E-state index < -0.39 is 6.10 Å². The van der Waals surface area contributed by atoms with Gasteiger partial charge in [0.15, 0.2) is 5.96 Å². The van der Waals surface area contributed by atoms with Gasteiger partial charge in [0.2, 0.25) is 0 Å². The van der Waals surface area contributed by atoms with Crippen LogP contribution in [0.5, 0.6) is 5.75 Å². The lowest BCUT2D eigenvalue weighted by molar-refractivity contribution is 0.183. The fourth-order valence-electron chi connectivity index (χ4n) is 3.65. The standard InChI is InChI=1S/C23H32N4O2/c1-3-24-23(25-16-20(28)15-18-9-5-4-6-10-18)26-19-13-14-27(17-19)21-11-7-8-12-22(21)29-2/h4-12,19-20,28H,3,13-17H2,1-2H3,(H2,24,25,26). The highest BCUT2D eigenvalue weighted by molar-refractivity contribution is 5.80. The van der Waals surface area contributed by atoms with Gasteiger partial charge in [-0.2, -0.15) is 0 Å². The Balaban J connectivity index is 1.55. The molecule has 1 saturated heterocycles. The van der Waals surface area contributed by atoms with Gasteiger partial charge in [0.25, 0.3) is 0 Å². The molecule has 0 aromatic heterocycles. The molecule has 3 N–H and O–H groups in total. The van der Waals surface area contributed by atoms with Crippen molar-refractivity contribution < 1.29 is 9.84 Å². The van der Waals surface area contributed by atoms with E-state index in [9.17, 15) is 5.11 Å². The van der Waals surface area contributed by atoms with E-state index >= 15 is 0 Å². The molecule has 0 spiro atoms. The topological polar surface area (TPSA) is 69.1 Å². The summed E-state index contributed by atoms with van der Waals surface area (Å²) in [6, 6.07) is 18.4. The average Bonchev–Trinajstić information content (AvgIpc) is 3.21. The minimum Gasteiger partial charge on any atom is -0.495 e. The van der Waals surface area contributed by atoms with Crippen LogP contribution in [0.1, 0.15) is 18.9 Å². The van der Waals surface area contributed by atoms with Gasteiger partial charge in [0.1, 0.15) is 5.75 Å². The number of hydrogen-bond acceptors (Lipinski definition) is 4. The van der Waals surface area contributed by atoms with E-state index in [0.29, 0.717) is 19.0 Å². The SMILES string of the molecule is CCNC(=NCC(O)Cc1ccccc1)NC1CCN(c2ccccc2OC)C1. The number of hydrogen-bond donors (Lipinski definition) is 3. The highest BCUT2D eigenvalue weighted by Crippen LogP contribution is 2.30. The lowest BCUT2D eigenvalue weighted by atomic mass is 10.1. The first-order chi connectivity index (χ1) is 14.2. The van der Waals surface area contributed by atoms with Crippen LogP contribution >= 0.6 is 0 Å². The average molecular weight is 397 g/mol. The number of ether oxygens (including phenoxy) is 1. The van der Waals surface area contributed by atoms with Crippen molar-refractivity contribution in [3.8, 4) is 5.75 Å². The van der Waals surface area contributed by atoms with Crippen LogP contribution in [0.15, 0.2) is 59.6 Å². The summed E-state index contributed by atoms with van der Waals surface area (Å²) >= 11 is 0. The van der Waals surface area contributed by atoms with Gasteiger partial charge in [-0.25, -0.2) is 0 Å².